The summed E-state index contributed by atoms with van der Waals surface area (Å²) in [7, 11) is 0. The topological polar surface area (TPSA) is 46.5 Å². The number of aliphatic imine (C=N–C) groups is 1. The van der Waals surface area contributed by atoms with Crippen molar-refractivity contribution in [3.8, 4) is 0 Å². The van der Waals surface area contributed by atoms with Gasteiger partial charge >= 0.3 is 0 Å². The van der Waals surface area contributed by atoms with E-state index in [4.69, 9.17) is 0 Å². The number of halogens is 1. The average molecular weight is 374 g/mol. The molecule has 0 fully saturated rings. The predicted octanol–water partition coefficient (Wildman–Crippen LogP) is 4.18. The third-order valence-electron chi connectivity index (χ3n) is 3.93. The second-order valence-electron chi connectivity index (χ2n) is 5.85. The number of aryl methyl sites for hydroxylation is 1. The van der Waals surface area contributed by atoms with Crippen LogP contribution >= 0.6 is 15.9 Å². The summed E-state index contributed by atoms with van der Waals surface area (Å²) in [5, 5.41) is 0. The van der Waals surface area contributed by atoms with Gasteiger partial charge in [-0.25, -0.2) is 0 Å². The number of nitrogens with zero attached hydrogens (tertiary/aromatic N) is 1. The summed E-state index contributed by atoms with van der Waals surface area (Å²) in [6.07, 6.45) is 3.77. The number of hydrogen-bond donors (Lipinski definition) is 0. The lowest BCUT2D eigenvalue weighted by Crippen LogP contribution is -2.24. The van der Waals surface area contributed by atoms with E-state index in [0.717, 1.165) is 27.5 Å². The molecular weight excluding hydrogens is 354 g/mol. The highest BCUT2D eigenvalue weighted by Crippen LogP contribution is 2.22. The Morgan fingerprint density at radius 2 is 2.09 bits per heavy atom. The van der Waals surface area contributed by atoms with Crippen LogP contribution in [0, 0.1) is 6.92 Å². The molecule has 0 saturated heterocycles. The lowest BCUT2D eigenvalue weighted by Gasteiger charge is -2.15. The fraction of sp³-hybridized carbons (Fsp3) is 0.316. The zero-order valence-corrected chi connectivity index (χ0v) is 15.2. The van der Waals surface area contributed by atoms with Crippen LogP contribution in [-0.2, 0) is 16.0 Å². The molecule has 0 bridgehead atoms. The van der Waals surface area contributed by atoms with Gasteiger partial charge in [-0.1, -0.05) is 33.6 Å². The van der Waals surface area contributed by atoms with Gasteiger partial charge in [-0.3, -0.25) is 14.6 Å². The normalized spacial score (nSPS) is 13.9. The molecule has 3 nitrogen and oxygen atoms in total. The number of benzene rings is 1. The van der Waals surface area contributed by atoms with E-state index in [0.29, 0.717) is 36.2 Å². The van der Waals surface area contributed by atoms with E-state index in [1.807, 2.05) is 39.0 Å². The Labute approximate surface area is 145 Å². The summed E-state index contributed by atoms with van der Waals surface area (Å²) in [5.74, 6) is -0.134. The van der Waals surface area contributed by atoms with E-state index in [1.165, 1.54) is 0 Å². The highest BCUT2D eigenvalue weighted by molar-refractivity contribution is 9.10. The SMILES string of the molecule is CC(C)=C(Cc1ccc(Br)cc1C)C(=O)C1=NCCC=C1C=O. The molecule has 1 heterocycles. The van der Waals surface area contributed by atoms with Crippen molar-refractivity contribution in [1.29, 1.82) is 0 Å². The van der Waals surface area contributed by atoms with Gasteiger partial charge in [0, 0.05) is 28.6 Å². The molecule has 0 spiro atoms. The molecule has 0 amide bonds. The van der Waals surface area contributed by atoms with Gasteiger partial charge in [0.15, 0.2) is 6.29 Å². The molecular formula is C19H20BrNO2. The van der Waals surface area contributed by atoms with Gasteiger partial charge < -0.3 is 0 Å². The van der Waals surface area contributed by atoms with Crippen molar-refractivity contribution in [1.82, 2.24) is 0 Å². The van der Waals surface area contributed by atoms with Crippen LogP contribution in [0.1, 0.15) is 31.4 Å². The van der Waals surface area contributed by atoms with Gasteiger partial charge in [0.2, 0.25) is 5.78 Å². The van der Waals surface area contributed by atoms with Crippen molar-refractivity contribution >= 4 is 33.7 Å². The average Bonchev–Trinajstić information content (AvgIpc) is 2.53. The molecule has 0 saturated carbocycles. The molecule has 0 unspecified atom stereocenters. The standard InChI is InChI=1S/C19H20BrNO2/c1-12(2)17(10-14-6-7-16(20)9-13(14)3)19(23)18-15(11-22)5-4-8-21-18/h5-7,9,11H,4,8,10H2,1-3H3. The van der Waals surface area contributed by atoms with Crippen LogP contribution in [0.25, 0.3) is 0 Å². The third kappa shape index (κ3) is 4.14. The summed E-state index contributed by atoms with van der Waals surface area (Å²) in [6, 6.07) is 6.04. The Morgan fingerprint density at radius 1 is 1.35 bits per heavy atom. The van der Waals surface area contributed by atoms with Gasteiger partial charge in [-0.2, -0.15) is 0 Å². The van der Waals surface area contributed by atoms with Gasteiger partial charge in [0.1, 0.15) is 5.71 Å². The van der Waals surface area contributed by atoms with Gasteiger partial charge in [0.05, 0.1) is 0 Å². The molecule has 0 aliphatic carbocycles. The number of hydrogen-bond acceptors (Lipinski definition) is 3. The molecule has 120 valence electrons. The van der Waals surface area contributed by atoms with E-state index < -0.39 is 0 Å². The molecule has 1 aromatic carbocycles. The van der Waals surface area contributed by atoms with Crippen LogP contribution in [0.3, 0.4) is 0 Å². The highest BCUT2D eigenvalue weighted by Gasteiger charge is 2.23. The van der Waals surface area contributed by atoms with E-state index in [-0.39, 0.29) is 5.78 Å². The van der Waals surface area contributed by atoms with Crippen molar-refractivity contribution in [3.63, 3.8) is 0 Å². The van der Waals surface area contributed by atoms with Crippen LogP contribution in [0.5, 0.6) is 0 Å². The minimum atomic E-state index is -0.134. The molecule has 0 N–H and O–H groups in total. The summed E-state index contributed by atoms with van der Waals surface area (Å²) in [6.45, 7) is 6.44. The zero-order valence-electron chi connectivity index (χ0n) is 13.6. The fourth-order valence-corrected chi connectivity index (χ4v) is 3.04. The Morgan fingerprint density at radius 3 is 2.70 bits per heavy atom. The molecule has 1 aliphatic rings. The predicted molar refractivity (Wildman–Crippen MR) is 97.0 cm³/mol. The monoisotopic (exact) mass is 373 g/mol. The number of rotatable bonds is 5. The second-order valence-corrected chi connectivity index (χ2v) is 6.77. The third-order valence-corrected chi connectivity index (χ3v) is 4.42. The number of carbonyl (C=O) groups excluding carboxylic acids is 2. The first-order valence-electron chi connectivity index (χ1n) is 7.60. The summed E-state index contributed by atoms with van der Waals surface area (Å²) >= 11 is 3.46. The number of carbonyl (C=O) groups is 2. The smallest absolute Gasteiger partial charge is 0.207 e. The van der Waals surface area contributed by atoms with E-state index >= 15 is 0 Å². The van der Waals surface area contributed by atoms with Gasteiger partial charge in [-0.05, 0) is 50.5 Å². The Bertz CT molecular complexity index is 738. The second kappa shape index (κ2) is 7.64. The van der Waals surface area contributed by atoms with Crippen LogP contribution in [-0.4, -0.2) is 24.3 Å². The van der Waals surface area contributed by atoms with Crippen LogP contribution in [0.4, 0.5) is 0 Å². The zero-order chi connectivity index (χ0) is 17.0. The fourth-order valence-electron chi connectivity index (χ4n) is 2.57. The largest absolute Gasteiger partial charge is 0.298 e. The van der Waals surface area contributed by atoms with Crippen molar-refractivity contribution in [2.24, 2.45) is 4.99 Å². The summed E-state index contributed by atoms with van der Waals surface area (Å²) < 4.78 is 1.02. The molecule has 1 aliphatic heterocycles. The molecule has 1 aromatic rings. The highest BCUT2D eigenvalue weighted by atomic mass is 79.9. The van der Waals surface area contributed by atoms with E-state index in [9.17, 15) is 9.59 Å². The Balaban J connectivity index is 2.35. The first kappa shape index (κ1) is 17.5. The van der Waals surface area contributed by atoms with Crippen LogP contribution in [0.15, 0.2) is 50.5 Å². The van der Waals surface area contributed by atoms with Crippen molar-refractivity contribution in [3.05, 3.63) is 56.6 Å². The van der Waals surface area contributed by atoms with Gasteiger partial charge in [-0.15, -0.1) is 0 Å². The summed E-state index contributed by atoms with van der Waals surface area (Å²) in [5.41, 5.74) is 4.61. The molecule has 0 aromatic heterocycles. The number of allylic oxidation sites excluding steroid dienone is 3. The molecule has 0 radical (unpaired) electrons. The molecule has 0 atom stereocenters. The quantitative estimate of drug-likeness (QED) is 0.574. The maximum atomic E-state index is 12.9. The van der Waals surface area contributed by atoms with E-state index in [2.05, 4.69) is 20.9 Å². The summed E-state index contributed by atoms with van der Waals surface area (Å²) in [4.78, 5) is 28.4. The maximum absolute atomic E-state index is 12.9. The van der Waals surface area contributed by atoms with Crippen LogP contribution < -0.4 is 0 Å². The number of Topliss-reactive ketones (excluding diaryl/α,β-unsaturated/α-hetero) is 1. The van der Waals surface area contributed by atoms with Crippen LogP contribution in [0.2, 0.25) is 0 Å². The number of dihydropyridines is 1. The molecule has 2 rings (SSSR count). The minimum absolute atomic E-state index is 0.134. The molecule has 23 heavy (non-hydrogen) atoms. The van der Waals surface area contributed by atoms with Crippen molar-refractivity contribution < 1.29 is 9.59 Å². The first-order valence-corrected chi connectivity index (χ1v) is 8.39. The van der Waals surface area contributed by atoms with Crippen molar-refractivity contribution in [2.75, 3.05) is 6.54 Å². The minimum Gasteiger partial charge on any atom is -0.298 e. The number of ketones is 1. The maximum Gasteiger partial charge on any atom is 0.207 e. The lowest BCUT2D eigenvalue weighted by atomic mass is 9.90. The first-order chi connectivity index (χ1) is 10.9. The lowest BCUT2D eigenvalue weighted by molar-refractivity contribution is -0.110. The van der Waals surface area contributed by atoms with E-state index in [1.54, 1.807) is 6.08 Å². The van der Waals surface area contributed by atoms with Gasteiger partial charge in [0.25, 0.3) is 0 Å². The number of aldehydes is 1. The Hall–Kier alpha value is -1.81. The molecule has 4 heteroatoms. The Kier molecular flexibility index (Phi) is 5.83. The van der Waals surface area contributed by atoms with Crippen molar-refractivity contribution in [2.45, 2.75) is 33.6 Å².